The summed E-state index contributed by atoms with van der Waals surface area (Å²) in [5.41, 5.74) is 24.6. The second-order valence-electron chi connectivity index (χ2n) is 13.4. The molecule has 3 amide bonds. The number of hydrogen-bond donors (Lipinski definition) is 3. The Kier molecular flexibility index (Phi) is 6.12. The quantitative estimate of drug-likeness (QED) is 0.253. The average Bonchev–Trinajstić information content (AvgIpc) is 3.89. The van der Waals surface area contributed by atoms with Crippen LogP contribution in [0.4, 0.5) is 0 Å². The molecule has 6 aliphatic carbocycles. The van der Waals surface area contributed by atoms with E-state index in [-0.39, 0.29) is 35.1 Å². The number of primary amides is 3. The van der Waals surface area contributed by atoms with Gasteiger partial charge in [-0.2, -0.15) is 0 Å². The van der Waals surface area contributed by atoms with Gasteiger partial charge in [-0.25, -0.2) is 0 Å². The summed E-state index contributed by atoms with van der Waals surface area (Å²) < 4.78 is 115. The highest BCUT2D eigenvalue weighted by Crippen LogP contribution is 2.47. The Labute approximate surface area is 325 Å². The standard InChI is InChI=1S/2C15H17NO.C14H14ClNO/c2*1-9-5-6-10-8-14-11(13(10)7-9)3-2-4-12(14)15(16)17;15-9-5-4-8-6-13-10(12(8)7-9)2-1-3-11(13)14(16)17/h2*5-7,12H,2-4,8H2,1H3,(H2,16,17);4-5,7,11H,1-3,6H2,(H2,16,17)/i2D2,3D2,4D2,12D;2D2,3D2,4D2;11D. The third-order valence-corrected chi connectivity index (χ3v) is 10.3. The number of halogens is 1. The highest BCUT2D eigenvalue weighted by molar-refractivity contribution is 6.30. The van der Waals surface area contributed by atoms with Crippen molar-refractivity contribution in [3.8, 4) is 0 Å². The van der Waals surface area contributed by atoms with Gasteiger partial charge in [0.1, 0.15) is 0 Å². The number of carbonyl (C=O) groups excluding carboxylic acids is 3. The molecule has 9 rings (SSSR count). The van der Waals surface area contributed by atoms with Crippen molar-refractivity contribution in [3.63, 3.8) is 0 Å². The molecule has 3 unspecified atom stereocenters. The van der Waals surface area contributed by atoms with Crippen molar-refractivity contribution in [3.05, 3.63) is 121 Å². The second-order valence-corrected chi connectivity index (χ2v) is 13.8. The summed E-state index contributed by atoms with van der Waals surface area (Å²) >= 11 is 6.03. The lowest BCUT2D eigenvalue weighted by Crippen LogP contribution is -2.27. The van der Waals surface area contributed by atoms with E-state index in [1.807, 2.05) is 37.3 Å². The van der Waals surface area contributed by atoms with Crippen molar-refractivity contribution in [1.82, 2.24) is 0 Å². The Morgan fingerprint density at radius 2 is 1.18 bits per heavy atom. The normalized spacial score (nSPS) is 35.2. The zero-order valence-corrected chi connectivity index (χ0v) is 29.1. The fourth-order valence-electron chi connectivity index (χ4n) is 7.64. The molecule has 6 N–H and O–H groups in total. The van der Waals surface area contributed by atoms with Gasteiger partial charge in [-0.3, -0.25) is 14.4 Å². The molecule has 0 bridgehead atoms. The zero-order chi connectivity index (χ0) is 48.6. The molecule has 264 valence electrons. The third kappa shape index (κ3) is 6.83. The molecule has 0 aromatic heterocycles. The van der Waals surface area contributed by atoms with E-state index in [4.69, 9.17) is 48.0 Å². The Morgan fingerprint density at radius 1 is 0.667 bits per heavy atom. The summed E-state index contributed by atoms with van der Waals surface area (Å²) in [6.45, 7) is 3.64. The van der Waals surface area contributed by atoms with E-state index in [0.29, 0.717) is 34.6 Å². The number of aryl methyl sites for hydroxylation is 2. The van der Waals surface area contributed by atoms with E-state index in [1.165, 1.54) is 0 Å². The third-order valence-electron chi connectivity index (χ3n) is 10.0. The van der Waals surface area contributed by atoms with Gasteiger partial charge >= 0.3 is 0 Å². The Morgan fingerprint density at radius 3 is 1.76 bits per heavy atom. The maximum absolute atomic E-state index is 12.0. The van der Waals surface area contributed by atoms with Crippen molar-refractivity contribution in [1.29, 1.82) is 0 Å². The Bertz CT molecular complexity index is 2710. The van der Waals surface area contributed by atoms with E-state index >= 15 is 0 Å². The highest BCUT2D eigenvalue weighted by Gasteiger charge is 2.35. The van der Waals surface area contributed by atoms with Crippen LogP contribution in [0.3, 0.4) is 0 Å². The van der Waals surface area contributed by atoms with E-state index < -0.39 is 73.7 Å². The summed E-state index contributed by atoms with van der Waals surface area (Å²) in [4.78, 5) is 35.5. The van der Waals surface area contributed by atoms with Gasteiger partial charge in [-0.05, 0) is 170 Å². The van der Waals surface area contributed by atoms with Crippen LogP contribution in [0.15, 0.2) is 71.3 Å². The van der Waals surface area contributed by atoms with E-state index in [1.54, 1.807) is 31.2 Å². The molecule has 0 radical (unpaired) electrons. The van der Waals surface area contributed by atoms with Crippen molar-refractivity contribution in [2.75, 3.05) is 0 Å². The van der Waals surface area contributed by atoms with Gasteiger partial charge in [0.15, 0.2) is 0 Å². The predicted molar refractivity (Wildman–Crippen MR) is 205 cm³/mol. The van der Waals surface area contributed by atoms with Crippen LogP contribution in [-0.2, 0) is 33.6 Å². The van der Waals surface area contributed by atoms with Crippen LogP contribution in [0.1, 0.15) is 121 Å². The molecule has 0 spiro atoms. The maximum atomic E-state index is 12.0. The number of benzene rings is 3. The predicted octanol–water partition coefficient (Wildman–Crippen LogP) is 8.12. The number of nitrogens with two attached hydrogens (primary N) is 3. The van der Waals surface area contributed by atoms with E-state index in [0.717, 1.165) is 51.8 Å². The maximum Gasteiger partial charge on any atom is 0.224 e. The average molecular weight is 716 g/mol. The molecule has 0 saturated carbocycles. The molecule has 3 atom stereocenters. The summed E-state index contributed by atoms with van der Waals surface area (Å²) in [5, 5.41) is 0.697. The van der Waals surface area contributed by atoms with Gasteiger partial charge in [-0.1, -0.05) is 65.2 Å². The van der Waals surface area contributed by atoms with Crippen LogP contribution in [-0.4, -0.2) is 17.7 Å². The molecule has 0 saturated heterocycles. The summed E-state index contributed by atoms with van der Waals surface area (Å²) in [7, 11) is 0. The summed E-state index contributed by atoms with van der Waals surface area (Å²) in [6.07, 6.45) is -13.9. The monoisotopic (exact) mass is 715 g/mol. The first-order valence-electron chi connectivity index (χ1n) is 23.8. The number of amides is 3. The fraction of sp³-hybridized carbons (Fsp3) is 0.386. The highest BCUT2D eigenvalue weighted by atomic mass is 35.5. The topological polar surface area (TPSA) is 129 Å². The van der Waals surface area contributed by atoms with Gasteiger partial charge in [-0.15, -0.1) is 0 Å². The molecule has 3 aromatic rings. The number of carbonyl (C=O) groups is 3. The molecule has 6 nitrogen and oxygen atoms in total. The number of rotatable bonds is 3. The zero-order valence-electron chi connectivity index (χ0n) is 42.4. The van der Waals surface area contributed by atoms with Crippen LogP contribution >= 0.6 is 11.6 Å². The molecular weight excluding hydrogens is 654 g/mol. The lowest BCUT2D eigenvalue weighted by Gasteiger charge is -2.22. The lowest BCUT2D eigenvalue weighted by molar-refractivity contribution is -0.121. The smallest absolute Gasteiger partial charge is 0.224 e. The lowest BCUT2D eigenvalue weighted by atomic mass is 9.82. The van der Waals surface area contributed by atoms with Gasteiger partial charge < -0.3 is 17.2 Å². The van der Waals surface area contributed by atoms with Crippen LogP contribution in [0.2, 0.25) is 5.02 Å². The number of hydrogen-bond acceptors (Lipinski definition) is 3. The first-order valence-corrected chi connectivity index (χ1v) is 17.2. The summed E-state index contributed by atoms with van der Waals surface area (Å²) in [6, 6.07) is 16.4. The molecule has 0 aliphatic heterocycles. The van der Waals surface area contributed by atoms with Crippen LogP contribution < -0.4 is 17.2 Å². The van der Waals surface area contributed by atoms with Crippen LogP contribution in [0.25, 0.3) is 16.7 Å². The molecule has 7 heteroatoms. The summed E-state index contributed by atoms with van der Waals surface area (Å²) in [5.74, 6) is -8.20. The van der Waals surface area contributed by atoms with E-state index in [9.17, 15) is 14.4 Å². The molecule has 51 heavy (non-hydrogen) atoms. The van der Waals surface area contributed by atoms with Crippen LogP contribution in [0, 0.1) is 31.6 Å². The van der Waals surface area contributed by atoms with Crippen LogP contribution in [0.5, 0.6) is 0 Å². The van der Waals surface area contributed by atoms with Crippen molar-refractivity contribution < 1.29 is 33.6 Å². The fourth-order valence-corrected chi connectivity index (χ4v) is 7.81. The van der Waals surface area contributed by atoms with Gasteiger partial charge in [0.2, 0.25) is 17.7 Å². The van der Waals surface area contributed by atoms with Crippen molar-refractivity contribution >= 4 is 46.0 Å². The Hall–Kier alpha value is -4.42. The number of fused-ring (bicyclic) bond motifs is 6. The SMILES string of the molecule is [2H]C1(C(N)=O)CCCC2=C1Cc1ccc(Cl)cc12.[2H]C1([2H])C2=C(Cc3ccc(C)cc32)C(C(N)=O)C([2H])([2H])C1([2H])[2H].[2H]C1([2H])C2=C(Cc3ccc(C)cc32)C([2H])(C(N)=O)C([2H])([2H])C1([2H])[2H]. The molecule has 0 fully saturated rings. The van der Waals surface area contributed by atoms with E-state index in [2.05, 4.69) is 0 Å². The Balaban J connectivity index is 0.000000147. The molecule has 0 heterocycles. The van der Waals surface area contributed by atoms with Crippen molar-refractivity contribution in [2.45, 2.75) is 90.6 Å². The minimum Gasteiger partial charge on any atom is -0.369 e. The van der Waals surface area contributed by atoms with Crippen molar-refractivity contribution in [2.24, 2.45) is 34.9 Å². The molecule has 6 aliphatic rings. The van der Waals surface area contributed by atoms with Gasteiger partial charge in [0.25, 0.3) is 0 Å². The first-order chi connectivity index (χ1) is 29.7. The minimum absolute atomic E-state index is 0.00644. The van der Waals surface area contributed by atoms with Gasteiger partial charge in [0.05, 0.1) is 17.7 Å². The number of allylic oxidation sites excluding steroid dienone is 3. The minimum atomic E-state index is -3.12. The molecular formula is C44H48ClN3O3. The molecule has 3 aromatic carbocycles. The largest absolute Gasteiger partial charge is 0.369 e. The second kappa shape index (κ2) is 14.3. The van der Waals surface area contributed by atoms with Gasteiger partial charge in [0, 0.05) is 24.2 Å². The first kappa shape index (κ1) is 21.8.